The van der Waals surface area contributed by atoms with Crippen molar-refractivity contribution in [1.82, 2.24) is 10.9 Å². The molecule has 1 heterocycles. The van der Waals surface area contributed by atoms with Crippen molar-refractivity contribution in [3.8, 4) is 5.75 Å². The summed E-state index contributed by atoms with van der Waals surface area (Å²) in [6.07, 6.45) is -0.538. The molecule has 0 fully saturated rings. The summed E-state index contributed by atoms with van der Waals surface area (Å²) in [5, 5.41) is 9.62. The Bertz CT molecular complexity index is 1860. The number of nitrogens with zero attached hydrogens (tertiary/aromatic N) is 1. The first-order valence-corrected chi connectivity index (χ1v) is 17.6. The van der Waals surface area contributed by atoms with Crippen LogP contribution in [0.2, 0.25) is 10.0 Å². The highest BCUT2D eigenvalue weighted by Crippen LogP contribution is 2.45. The number of halogens is 3. The predicted molar refractivity (Wildman–Crippen MR) is 183 cm³/mol. The van der Waals surface area contributed by atoms with E-state index in [1.54, 1.807) is 66.7 Å². The maximum absolute atomic E-state index is 14.3. The first-order chi connectivity index (χ1) is 23.1. The Morgan fingerprint density at radius 1 is 1.00 bits per heavy atom. The van der Waals surface area contributed by atoms with Crippen molar-refractivity contribution in [2.75, 3.05) is 25.5 Å². The average molecular weight is 715 g/mol. The number of carbonyl (C=O) groups excluding carboxylic acids is 1. The van der Waals surface area contributed by atoms with Crippen LogP contribution in [0.1, 0.15) is 35.6 Å². The number of hydrogen-bond donors (Lipinski definition) is 3. The summed E-state index contributed by atoms with van der Waals surface area (Å²) in [5.74, 6) is -0.802. The van der Waals surface area contributed by atoms with Gasteiger partial charge in [0.1, 0.15) is 11.6 Å². The van der Waals surface area contributed by atoms with Crippen molar-refractivity contribution in [3.63, 3.8) is 0 Å². The quantitative estimate of drug-likeness (QED) is 0.104. The molecule has 252 valence electrons. The van der Waals surface area contributed by atoms with Crippen LogP contribution in [0.25, 0.3) is 0 Å². The number of ether oxygens (including phenoxy) is 2. The standard InChI is InChI=1S/C35H34Cl2FN3O6S/c36-26-12-15-30(31(37)23-26)32-35(17-21-48(44,45)29-8-2-1-3-9-29,34(43)41-39-18-16-24-6-4-7-27(38)22-24)40-33(47-32)25-10-13-28(14-11-25)46-20-5-19-42/h1-4,6-15,22-23,32,39,42H,5,16-21H2,(H,41,43)/t32-,35-/m0/s1. The van der Waals surface area contributed by atoms with Crippen molar-refractivity contribution >= 4 is 44.8 Å². The number of aliphatic imine (C=N–C) groups is 1. The van der Waals surface area contributed by atoms with Crippen LogP contribution >= 0.6 is 23.2 Å². The van der Waals surface area contributed by atoms with Crippen LogP contribution in [-0.2, 0) is 25.8 Å². The topological polar surface area (TPSA) is 126 Å². The second kappa shape index (κ2) is 15.9. The zero-order valence-electron chi connectivity index (χ0n) is 25.7. The van der Waals surface area contributed by atoms with Crippen molar-refractivity contribution in [3.05, 3.63) is 130 Å². The van der Waals surface area contributed by atoms with Crippen molar-refractivity contribution < 1.29 is 32.2 Å². The third kappa shape index (κ3) is 8.53. The van der Waals surface area contributed by atoms with Gasteiger partial charge in [0.05, 0.1) is 17.3 Å². The number of aliphatic hydroxyl groups is 1. The van der Waals surface area contributed by atoms with Crippen LogP contribution in [0, 0.1) is 5.82 Å². The van der Waals surface area contributed by atoms with E-state index in [2.05, 4.69) is 10.9 Å². The SMILES string of the molecule is O=C(NNCCc1cccc(F)c1)[C@@]1(CCS(=O)(=O)c2ccccc2)N=C(c2ccc(OCCCO)cc2)O[C@H]1c1ccc(Cl)cc1Cl. The molecule has 3 N–H and O–H groups in total. The lowest BCUT2D eigenvalue weighted by molar-refractivity contribution is -0.130. The second-order valence-electron chi connectivity index (χ2n) is 11.1. The van der Waals surface area contributed by atoms with Crippen LogP contribution in [0.3, 0.4) is 0 Å². The van der Waals surface area contributed by atoms with Crippen molar-refractivity contribution in [1.29, 1.82) is 0 Å². The number of sulfone groups is 1. The zero-order valence-corrected chi connectivity index (χ0v) is 28.1. The normalized spacial score (nSPS) is 17.4. The number of hydrogen-bond acceptors (Lipinski definition) is 8. The lowest BCUT2D eigenvalue weighted by Crippen LogP contribution is -2.53. The van der Waals surface area contributed by atoms with Gasteiger partial charge in [0.2, 0.25) is 5.90 Å². The van der Waals surface area contributed by atoms with Gasteiger partial charge in [-0.15, -0.1) is 0 Å². The third-order valence-electron chi connectivity index (χ3n) is 7.76. The molecule has 0 unspecified atom stereocenters. The van der Waals surface area contributed by atoms with Gasteiger partial charge in [-0.25, -0.2) is 23.2 Å². The molecule has 4 aromatic carbocycles. The van der Waals surface area contributed by atoms with Crippen LogP contribution in [0.15, 0.2) is 107 Å². The van der Waals surface area contributed by atoms with Gasteiger partial charge in [-0.3, -0.25) is 10.2 Å². The van der Waals surface area contributed by atoms with Gasteiger partial charge in [0.15, 0.2) is 21.5 Å². The maximum Gasteiger partial charge on any atom is 0.266 e. The molecule has 0 bridgehead atoms. The number of carbonyl (C=O) groups is 1. The molecule has 1 amide bonds. The summed E-state index contributed by atoms with van der Waals surface area (Å²) in [4.78, 5) is 19.2. The first kappa shape index (κ1) is 35.3. The van der Waals surface area contributed by atoms with Gasteiger partial charge in [-0.05, 0) is 72.6 Å². The molecular weight excluding hydrogens is 680 g/mol. The zero-order chi connectivity index (χ0) is 34.1. The Morgan fingerprint density at radius 3 is 2.48 bits per heavy atom. The minimum absolute atomic E-state index is 0.00117. The van der Waals surface area contributed by atoms with Gasteiger partial charge in [-0.2, -0.15) is 0 Å². The molecule has 0 radical (unpaired) electrons. The van der Waals surface area contributed by atoms with Gasteiger partial charge in [-0.1, -0.05) is 59.6 Å². The van der Waals surface area contributed by atoms with Crippen molar-refractivity contribution in [2.45, 2.75) is 35.8 Å². The number of nitrogens with one attached hydrogen (secondary N) is 2. The Balaban J connectivity index is 1.50. The highest BCUT2D eigenvalue weighted by atomic mass is 35.5. The monoisotopic (exact) mass is 713 g/mol. The van der Waals surface area contributed by atoms with Crippen LogP contribution in [0.5, 0.6) is 5.75 Å². The van der Waals surface area contributed by atoms with Crippen LogP contribution in [0.4, 0.5) is 4.39 Å². The molecule has 0 aromatic heterocycles. The van der Waals surface area contributed by atoms with E-state index in [-0.39, 0.29) is 41.2 Å². The van der Waals surface area contributed by atoms with Gasteiger partial charge >= 0.3 is 0 Å². The molecule has 9 nitrogen and oxygen atoms in total. The fourth-order valence-electron chi connectivity index (χ4n) is 5.25. The highest BCUT2D eigenvalue weighted by molar-refractivity contribution is 7.91. The summed E-state index contributed by atoms with van der Waals surface area (Å²) >= 11 is 12.9. The number of amides is 1. The lowest BCUT2D eigenvalue weighted by atomic mass is 9.85. The maximum atomic E-state index is 14.3. The summed E-state index contributed by atoms with van der Waals surface area (Å²) in [5.41, 5.74) is 5.38. The van der Waals surface area contributed by atoms with E-state index in [0.717, 1.165) is 5.56 Å². The molecule has 2 atom stereocenters. The van der Waals surface area contributed by atoms with Gasteiger partial charge < -0.3 is 14.6 Å². The first-order valence-electron chi connectivity index (χ1n) is 15.2. The smallest absolute Gasteiger partial charge is 0.266 e. The third-order valence-corrected chi connectivity index (χ3v) is 10.1. The molecule has 1 aliphatic rings. The van der Waals surface area contributed by atoms with Gasteiger partial charge in [0.25, 0.3) is 5.91 Å². The fraction of sp³-hybridized carbons (Fsp3) is 0.257. The van der Waals surface area contributed by atoms with Gasteiger partial charge in [0, 0.05) is 47.2 Å². The number of benzene rings is 4. The lowest BCUT2D eigenvalue weighted by Gasteiger charge is -2.31. The minimum Gasteiger partial charge on any atom is -0.494 e. The molecule has 4 aromatic rings. The average Bonchev–Trinajstić information content (AvgIpc) is 3.47. The van der Waals surface area contributed by atoms with E-state index < -0.39 is 33.1 Å². The number of hydrazine groups is 1. The van der Waals surface area contributed by atoms with Crippen LogP contribution in [-0.4, -0.2) is 56.4 Å². The Hall–Kier alpha value is -4.00. The number of rotatable bonds is 15. The van der Waals surface area contributed by atoms with Crippen molar-refractivity contribution in [2.24, 2.45) is 4.99 Å². The molecule has 1 aliphatic heterocycles. The van der Waals surface area contributed by atoms with E-state index in [1.807, 2.05) is 0 Å². The Kier molecular flexibility index (Phi) is 11.7. The minimum atomic E-state index is -3.86. The molecule has 0 saturated carbocycles. The Morgan fingerprint density at radius 2 is 1.77 bits per heavy atom. The van der Waals surface area contributed by atoms with E-state index in [4.69, 9.17) is 42.8 Å². The summed E-state index contributed by atoms with van der Waals surface area (Å²) in [7, 11) is -3.86. The molecule has 0 aliphatic carbocycles. The molecule has 0 spiro atoms. The largest absolute Gasteiger partial charge is 0.494 e. The predicted octanol–water partition coefficient (Wildman–Crippen LogP) is 5.88. The highest BCUT2D eigenvalue weighted by Gasteiger charge is 2.54. The summed E-state index contributed by atoms with van der Waals surface area (Å²) in [6, 6.07) is 25.6. The Labute approximate surface area is 288 Å². The van der Waals surface area contributed by atoms with E-state index in [1.165, 1.54) is 30.3 Å². The molecule has 48 heavy (non-hydrogen) atoms. The summed E-state index contributed by atoms with van der Waals surface area (Å²) in [6.45, 7) is 0.576. The molecular formula is C35H34Cl2FN3O6S. The van der Waals surface area contributed by atoms with E-state index in [0.29, 0.717) is 41.3 Å². The van der Waals surface area contributed by atoms with E-state index >= 15 is 0 Å². The van der Waals surface area contributed by atoms with E-state index in [9.17, 15) is 17.6 Å². The second-order valence-corrected chi connectivity index (χ2v) is 14.1. The molecule has 0 saturated heterocycles. The summed E-state index contributed by atoms with van der Waals surface area (Å²) < 4.78 is 52.8. The van der Waals surface area contributed by atoms with Crippen LogP contribution < -0.4 is 15.6 Å². The fourth-order valence-corrected chi connectivity index (χ4v) is 7.14. The molecule has 13 heteroatoms. The molecule has 5 rings (SSSR count). The number of aliphatic hydroxyl groups excluding tert-OH is 1.